The number of pyridine rings is 1. The van der Waals surface area contributed by atoms with Gasteiger partial charge in [-0.05, 0) is 31.4 Å². The third kappa shape index (κ3) is 2.27. The molecule has 0 aliphatic carbocycles. The predicted octanol–water partition coefficient (Wildman–Crippen LogP) is 0.454. The lowest BCUT2D eigenvalue weighted by atomic mass is 10.0. The molecule has 0 saturated carbocycles. The van der Waals surface area contributed by atoms with Crippen molar-refractivity contribution in [2.75, 3.05) is 6.54 Å². The molecule has 6 heteroatoms. The molecule has 1 aliphatic rings. The second-order valence-corrected chi connectivity index (χ2v) is 4.26. The van der Waals surface area contributed by atoms with Crippen molar-refractivity contribution in [3.05, 3.63) is 34.2 Å². The molecule has 1 fully saturated rings. The molecule has 0 spiro atoms. The summed E-state index contributed by atoms with van der Waals surface area (Å²) in [5.41, 5.74) is -0.497. The third-order valence-electron chi connectivity index (χ3n) is 3.10. The molecule has 1 saturated heterocycles. The zero-order valence-electron chi connectivity index (χ0n) is 9.76. The molecule has 1 aliphatic heterocycles. The molecule has 2 N–H and O–H groups in total. The molecular formula is C12H14N2O4. The largest absolute Gasteiger partial charge is 0.480 e. The smallest absolute Gasteiger partial charge is 0.326 e. The van der Waals surface area contributed by atoms with Crippen LogP contribution in [0.25, 0.3) is 0 Å². The Morgan fingerprint density at radius 1 is 1.39 bits per heavy atom. The predicted molar refractivity (Wildman–Crippen MR) is 63.4 cm³/mol. The van der Waals surface area contributed by atoms with Gasteiger partial charge < -0.3 is 15.0 Å². The van der Waals surface area contributed by atoms with Crippen LogP contribution in [0.4, 0.5) is 0 Å². The number of likely N-dealkylation sites (tertiary alicyclic amines) is 1. The minimum atomic E-state index is -1.02. The maximum atomic E-state index is 12.2. The highest BCUT2D eigenvalue weighted by atomic mass is 16.4. The molecule has 0 bridgehead atoms. The number of carbonyl (C=O) groups excluding carboxylic acids is 1. The van der Waals surface area contributed by atoms with E-state index in [-0.39, 0.29) is 5.56 Å². The fraction of sp³-hybridized carbons (Fsp3) is 0.417. The number of aromatic amines is 1. The molecule has 1 aromatic rings. The van der Waals surface area contributed by atoms with E-state index in [0.29, 0.717) is 13.0 Å². The van der Waals surface area contributed by atoms with Gasteiger partial charge in [-0.2, -0.15) is 0 Å². The van der Waals surface area contributed by atoms with Crippen molar-refractivity contribution in [3.63, 3.8) is 0 Å². The van der Waals surface area contributed by atoms with E-state index in [1.54, 1.807) is 6.07 Å². The molecule has 0 aromatic carbocycles. The van der Waals surface area contributed by atoms with Crippen LogP contribution < -0.4 is 5.56 Å². The Morgan fingerprint density at radius 3 is 2.83 bits per heavy atom. The topological polar surface area (TPSA) is 90.5 Å². The summed E-state index contributed by atoms with van der Waals surface area (Å²) in [6.45, 7) is 0.379. The molecule has 6 nitrogen and oxygen atoms in total. The summed E-state index contributed by atoms with van der Waals surface area (Å²) in [7, 11) is 0. The molecule has 1 amide bonds. The molecular weight excluding hydrogens is 236 g/mol. The number of H-pyrrole nitrogens is 1. The summed E-state index contributed by atoms with van der Waals surface area (Å²) in [4.78, 5) is 38.5. The fourth-order valence-electron chi connectivity index (χ4n) is 2.18. The van der Waals surface area contributed by atoms with Gasteiger partial charge in [0.15, 0.2) is 0 Å². The van der Waals surface area contributed by atoms with Gasteiger partial charge in [-0.1, -0.05) is 0 Å². The average molecular weight is 250 g/mol. The summed E-state index contributed by atoms with van der Waals surface area (Å²) in [5.74, 6) is -1.53. The number of piperidine rings is 1. The van der Waals surface area contributed by atoms with E-state index in [4.69, 9.17) is 5.11 Å². The molecule has 96 valence electrons. The lowest BCUT2D eigenvalue weighted by molar-refractivity contribution is -0.143. The zero-order chi connectivity index (χ0) is 13.1. The Kier molecular flexibility index (Phi) is 3.45. The van der Waals surface area contributed by atoms with Gasteiger partial charge >= 0.3 is 5.97 Å². The number of rotatable bonds is 2. The number of nitrogens with one attached hydrogen (secondary N) is 1. The SMILES string of the molecule is O=C(O)C1CCCCN1C(=O)c1ccc[nH]c1=O. The van der Waals surface area contributed by atoms with Crippen molar-refractivity contribution in [1.29, 1.82) is 0 Å². The minimum Gasteiger partial charge on any atom is -0.480 e. The van der Waals surface area contributed by atoms with Gasteiger partial charge in [-0.25, -0.2) is 4.79 Å². The summed E-state index contributed by atoms with van der Waals surface area (Å²) < 4.78 is 0. The van der Waals surface area contributed by atoms with Crippen LogP contribution in [0.5, 0.6) is 0 Å². The maximum absolute atomic E-state index is 12.2. The highest BCUT2D eigenvalue weighted by molar-refractivity contribution is 5.96. The normalized spacial score (nSPS) is 19.6. The fourth-order valence-corrected chi connectivity index (χ4v) is 2.18. The summed E-state index contributed by atoms with van der Waals surface area (Å²) in [6.07, 6.45) is 3.42. The Balaban J connectivity index is 2.29. The second-order valence-electron chi connectivity index (χ2n) is 4.26. The number of aromatic nitrogens is 1. The van der Waals surface area contributed by atoms with Gasteiger partial charge in [0.25, 0.3) is 11.5 Å². The molecule has 2 heterocycles. The number of hydrogen-bond acceptors (Lipinski definition) is 3. The lowest BCUT2D eigenvalue weighted by Gasteiger charge is -2.32. The van der Waals surface area contributed by atoms with Crippen LogP contribution in [0.3, 0.4) is 0 Å². The summed E-state index contributed by atoms with van der Waals surface area (Å²) in [5, 5.41) is 9.09. The van der Waals surface area contributed by atoms with Gasteiger partial charge in [-0.3, -0.25) is 9.59 Å². The average Bonchev–Trinajstić information content (AvgIpc) is 2.38. The lowest BCUT2D eigenvalue weighted by Crippen LogP contribution is -2.49. The summed E-state index contributed by atoms with van der Waals surface area (Å²) >= 11 is 0. The van der Waals surface area contributed by atoms with Crippen molar-refractivity contribution in [1.82, 2.24) is 9.88 Å². The van der Waals surface area contributed by atoms with Crippen LogP contribution in [0.1, 0.15) is 29.6 Å². The molecule has 18 heavy (non-hydrogen) atoms. The van der Waals surface area contributed by atoms with Crippen molar-refractivity contribution >= 4 is 11.9 Å². The quantitative estimate of drug-likeness (QED) is 0.797. The van der Waals surface area contributed by atoms with Crippen LogP contribution in [0.2, 0.25) is 0 Å². The number of carbonyl (C=O) groups is 2. The van der Waals surface area contributed by atoms with Crippen molar-refractivity contribution < 1.29 is 14.7 Å². The monoisotopic (exact) mass is 250 g/mol. The van der Waals surface area contributed by atoms with Gasteiger partial charge in [0.05, 0.1) is 0 Å². The summed E-state index contributed by atoms with van der Waals surface area (Å²) in [6, 6.07) is 2.13. The highest BCUT2D eigenvalue weighted by Gasteiger charge is 2.33. The van der Waals surface area contributed by atoms with Crippen LogP contribution in [0.15, 0.2) is 23.1 Å². The number of carboxylic acid groups (broad SMARTS) is 1. The number of nitrogens with zero attached hydrogens (tertiary/aromatic N) is 1. The highest BCUT2D eigenvalue weighted by Crippen LogP contribution is 2.18. The molecule has 1 aromatic heterocycles. The molecule has 0 radical (unpaired) electrons. The van der Waals surface area contributed by atoms with E-state index >= 15 is 0 Å². The van der Waals surface area contributed by atoms with Gasteiger partial charge in [0, 0.05) is 12.7 Å². The first-order chi connectivity index (χ1) is 8.61. The van der Waals surface area contributed by atoms with E-state index in [0.717, 1.165) is 12.8 Å². The van der Waals surface area contributed by atoms with Crippen LogP contribution >= 0.6 is 0 Å². The van der Waals surface area contributed by atoms with Gasteiger partial charge in [-0.15, -0.1) is 0 Å². The maximum Gasteiger partial charge on any atom is 0.326 e. The minimum absolute atomic E-state index is 0.00866. The Hall–Kier alpha value is -2.11. The number of amides is 1. The molecule has 1 unspecified atom stereocenters. The third-order valence-corrected chi connectivity index (χ3v) is 3.10. The molecule has 1 atom stereocenters. The van der Waals surface area contributed by atoms with Crippen molar-refractivity contribution in [3.8, 4) is 0 Å². The Labute approximate surface area is 103 Å². The first kappa shape index (κ1) is 12.3. The van der Waals surface area contributed by atoms with Crippen LogP contribution in [-0.4, -0.2) is 39.5 Å². The standard InChI is InChI=1S/C12H14N2O4/c15-10-8(4-3-6-13-10)11(16)14-7-2-1-5-9(14)12(17)18/h3-4,6,9H,1-2,5,7H2,(H,13,15)(H,17,18). The number of carboxylic acids is 1. The molecule has 2 rings (SSSR count). The number of hydrogen-bond donors (Lipinski definition) is 2. The van der Waals surface area contributed by atoms with Gasteiger partial charge in [0.1, 0.15) is 11.6 Å². The first-order valence-corrected chi connectivity index (χ1v) is 5.82. The first-order valence-electron chi connectivity index (χ1n) is 5.82. The van der Waals surface area contributed by atoms with Crippen LogP contribution in [0, 0.1) is 0 Å². The van der Waals surface area contributed by atoms with Gasteiger partial charge in [0.2, 0.25) is 0 Å². The second kappa shape index (κ2) is 5.03. The Bertz CT molecular complexity index is 523. The van der Waals surface area contributed by atoms with Crippen LogP contribution in [-0.2, 0) is 4.79 Å². The van der Waals surface area contributed by atoms with E-state index in [1.165, 1.54) is 17.2 Å². The Morgan fingerprint density at radius 2 is 2.17 bits per heavy atom. The van der Waals surface area contributed by atoms with Crippen molar-refractivity contribution in [2.24, 2.45) is 0 Å². The van der Waals surface area contributed by atoms with E-state index in [1.807, 2.05) is 0 Å². The number of aliphatic carboxylic acids is 1. The van der Waals surface area contributed by atoms with E-state index in [2.05, 4.69) is 4.98 Å². The van der Waals surface area contributed by atoms with E-state index < -0.39 is 23.5 Å². The van der Waals surface area contributed by atoms with Crippen molar-refractivity contribution in [2.45, 2.75) is 25.3 Å². The zero-order valence-corrected chi connectivity index (χ0v) is 9.76. The van der Waals surface area contributed by atoms with E-state index in [9.17, 15) is 14.4 Å².